The van der Waals surface area contributed by atoms with Gasteiger partial charge in [0.15, 0.2) is 23.1 Å². The number of likely N-dealkylation sites (tertiary alicyclic amines) is 1. The molecular weight excluding hydrogens is 610 g/mol. The zero-order valence-corrected chi connectivity index (χ0v) is 26.4. The van der Waals surface area contributed by atoms with Crippen LogP contribution in [0.15, 0.2) is 96.6 Å². The Labute approximate surface area is 277 Å². The summed E-state index contributed by atoms with van der Waals surface area (Å²) in [5.41, 5.74) is 1.11. The van der Waals surface area contributed by atoms with E-state index in [-0.39, 0.29) is 61.1 Å². The Hall–Kier alpha value is -5.31. The standard InChI is InChI=1S/C39H35NO8/c1-2-48-30-15-9-14-26(36(30)45)34-24-16-17-25-33(38(47)40(37(25)46)19-18-32(42)43)28(24)20-29-35(44)27(22-10-5-3-6-11-22)21-31(41)39(29,34)23-12-7-4-8-13-23/h3-16,21,25,28-29,33-34,45H,2,17-20H2,1H3,(H,42,43). The number of ether oxygens (including phenoxy) is 1. The normalized spacial score (nSPS) is 27.9. The van der Waals surface area contributed by atoms with Crippen molar-refractivity contribution in [1.82, 2.24) is 4.90 Å². The van der Waals surface area contributed by atoms with E-state index in [1.165, 1.54) is 6.08 Å². The lowest BCUT2D eigenvalue weighted by atomic mass is 9.44. The smallest absolute Gasteiger partial charge is 0.305 e. The average molecular weight is 646 g/mol. The fourth-order valence-corrected chi connectivity index (χ4v) is 8.76. The summed E-state index contributed by atoms with van der Waals surface area (Å²) < 4.78 is 5.78. The molecule has 244 valence electrons. The Morgan fingerprint density at radius 1 is 0.917 bits per heavy atom. The van der Waals surface area contributed by atoms with Crippen molar-refractivity contribution in [2.24, 2.45) is 23.7 Å². The van der Waals surface area contributed by atoms with E-state index in [1.807, 2.05) is 42.5 Å². The van der Waals surface area contributed by atoms with Crippen LogP contribution >= 0.6 is 0 Å². The number of rotatable bonds is 8. The van der Waals surface area contributed by atoms with Crippen LogP contribution in [0.3, 0.4) is 0 Å². The number of allylic oxidation sites excluding steroid dienone is 4. The summed E-state index contributed by atoms with van der Waals surface area (Å²) in [5.74, 6) is -6.49. The predicted molar refractivity (Wildman–Crippen MR) is 175 cm³/mol. The van der Waals surface area contributed by atoms with Crippen LogP contribution in [0.5, 0.6) is 11.5 Å². The van der Waals surface area contributed by atoms with Gasteiger partial charge in [-0.2, -0.15) is 0 Å². The molecule has 48 heavy (non-hydrogen) atoms. The molecule has 2 N–H and O–H groups in total. The van der Waals surface area contributed by atoms with Crippen LogP contribution < -0.4 is 4.74 Å². The molecule has 9 heteroatoms. The Bertz CT molecular complexity index is 1900. The van der Waals surface area contributed by atoms with Crippen LogP contribution in [-0.2, 0) is 29.4 Å². The summed E-state index contributed by atoms with van der Waals surface area (Å²) >= 11 is 0. The molecule has 7 rings (SSSR count). The number of carbonyl (C=O) groups is 5. The SMILES string of the molecule is CCOc1cccc(C2C3=CCC4C(=O)N(CCC(=O)O)C(=O)C4C3CC3C(=O)C(c4ccccc4)=CC(=O)C32c2ccccc2)c1O. The number of nitrogens with zero attached hydrogens (tertiary/aromatic N) is 1. The molecule has 0 radical (unpaired) electrons. The fourth-order valence-electron chi connectivity index (χ4n) is 8.76. The van der Waals surface area contributed by atoms with Crippen molar-refractivity contribution < 1.29 is 38.9 Å². The van der Waals surface area contributed by atoms with E-state index in [0.29, 0.717) is 22.3 Å². The Morgan fingerprint density at radius 2 is 1.62 bits per heavy atom. The molecule has 0 spiro atoms. The zero-order chi connectivity index (χ0) is 33.7. The van der Waals surface area contributed by atoms with Gasteiger partial charge in [0.05, 0.1) is 30.3 Å². The van der Waals surface area contributed by atoms with Gasteiger partial charge in [-0.25, -0.2) is 0 Å². The lowest BCUT2D eigenvalue weighted by Gasteiger charge is -2.55. The van der Waals surface area contributed by atoms with Gasteiger partial charge in [0.2, 0.25) is 11.8 Å². The third-order valence-electron chi connectivity index (χ3n) is 10.7. The summed E-state index contributed by atoms with van der Waals surface area (Å²) in [4.78, 5) is 70.0. The number of hydrogen-bond acceptors (Lipinski definition) is 7. The van der Waals surface area contributed by atoms with Crippen LogP contribution in [0.25, 0.3) is 5.57 Å². The number of benzene rings is 3. The molecule has 1 heterocycles. The second-order valence-corrected chi connectivity index (χ2v) is 12.9. The maximum Gasteiger partial charge on any atom is 0.305 e. The molecule has 1 saturated carbocycles. The first-order valence-corrected chi connectivity index (χ1v) is 16.3. The third kappa shape index (κ3) is 4.63. The maximum atomic E-state index is 15.1. The zero-order valence-electron chi connectivity index (χ0n) is 26.4. The van der Waals surface area contributed by atoms with E-state index >= 15 is 4.79 Å². The van der Waals surface area contributed by atoms with Crippen molar-refractivity contribution in [1.29, 1.82) is 0 Å². The van der Waals surface area contributed by atoms with Crippen molar-refractivity contribution in [2.75, 3.05) is 13.2 Å². The van der Waals surface area contributed by atoms with E-state index in [0.717, 1.165) is 4.90 Å². The minimum absolute atomic E-state index is 0.116. The number of hydrogen-bond donors (Lipinski definition) is 2. The second kappa shape index (κ2) is 12.0. The van der Waals surface area contributed by atoms with Crippen molar-refractivity contribution in [3.63, 3.8) is 0 Å². The van der Waals surface area contributed by atoms with Gasteiger partial charge in [-0.15, -0.1) is 0 Å². The topological polar surface area (TPSA) is 138 Å². The number of carboxylic acid groups (broad SMARTS) is 1. The molecule has 3 aliphatic carbocycles. The minimum Gasteiger partial charge on any atom is -0.504 e. The van der Waals surface area contributed by atoms with Gasteiger partial charge in [-0.1, -0.05) is 84.4 Å². The van der Waals surface area contributed by atoms with Gasteiger partial charge in [0.25, 0.3) is 0 Å². The molecule has 4 aliphatic rings. The van der Waals surface area contributed by atoms with E-state index in [4.69, 9.17) is 4.74 Å². The van der Waals surface area contributed by atoms with Crippen molar-refractivity contribution in [3.05, 3.63) is 113 Å². The number of Topliss-reactive ketones (excluding diaryl/α,β-unsaturated/α-hetero) is 1. The fraction of sp³-hybridized carbons (Fsp3) is 0.308. The van der Waals surface area contributed by atoms with Crippen molar-refractivity contribution >= 4 is 34.9 Å². The van der Waals surface area contributed by atoms with Crippen LogP contribution in [0, 0.1) is 23.7 Å². The molecule has 3 aromatic carbocycles. The Balaban J connectivity index is 1.48. The van der Waals surface area contributed by atoms with Gasteiger partial charge in [0.1, 0.15) is 0 Å². The molecule has 1 saturated heterocycles. The number of imide groups is 1. The number of carbonyl (C=O) groups excluding carboxylic acids is 4. The van der Waals surface area contributed by atoms with Gasteiger partial charge < -0.3 is 14.9 Å². The van der Waals surface area contributed by atoms with Gasteiger partial charge >= 0.3 is 5.97 Å². The first kappa shape index (κ1) is 31.3. The molecule has 1 aliphatic heterocycles. The van der Waals surface area contributed by atoms with E-state index in [1.54, 1.807) is 49.4 Å². The van der Waals surface area contributed by atoms with Gasteiger partial charge in [0, 0.05) is 29.5 Å². The lowest BCUT2D eigenvalue weighted by Crippen LogP contribution is -2.58. The van der Waals surface area contributed by atoms with Gasteiger partial charge in [-0.05, 0) is 49.0 Å². The molecule has 6 atom stereocenters. The molecule has 2 fully saturated rings. The number of aliphatic carboxylic acids is 1. The molecule has 0 aromatic heterocycles. The molecule has 9 nitrogen and oxygen atoms in total. The van der Waals surface area contributed by atoms with Crippen LogP contribution in [0.4, 0.5) is 0 Å². The van der Waals surface area contributed by atoms with Crippen molar-refractivity contribution in [2.45, 2.75) is 37.5 Å². The number of para-hydroxylation sites is 1. The highest BCUT2D eigenvalue weighted by Gasteiger charge is 2.66. The number of aromatic hydroxyl groups is 1. The summed E-state index contributed by atoms with van der Waals surface area (Å²) in [7, 11) is 0. The Morgan fingerprint density at radius 3 is 2.31 bits per heavy atom. The lowest BCUT2D eigenvalue weighted by molar-refractivity contribution is -0.142. The highest BCUT2D eigenvalue weighted by molar-refractivity contribution is 6.31. The molecule has 3 aromatic rings. The number of ketones is 2. The first-order chi connectivity index (χ1) is 23.2. The van der Waals surface area contributed by atoms with E-state index < -0.39 is 52.8 Å². The number of phenolic OH excluding ortho intramolecular Hbond substituents is 1. The van der Waals surface area contributed by atoms with E-state index in [2.05, 4.69) is 0 Å². The molecular formula is C39H35NO8. The average Bonchev–Trinajstić information content (AvgIpc) is 3.34. The Kier molecular flexibility index (Phi) is 7.86. The highest BCUT2D eigenvalue weighted by Crippen LogP contribution is 2.64. The summed E-state index contributed by atoms with van der Waals surface area (Å²) in [5, 5.41) is 21.1. The molecule has 2 amide bonds. The number of carboxylic acids is 1. The first-order valence-electron chi connectivity index (χ1n) is 16.3. The summed E-state index contributed by atoms with van der Waals surface area (Å²) in [6.07, 6.45) is 3.29. The van der Waals surface area contributed by atoms with Gasteiger partial charge in [-0.3, -0.25) is 28.9 Å². The highest BCUT2D eigenvalue weighted by atomic mass is 16.5. The van der Waals surface area contributed by atoms with Crippen LogP contribution in [-0.4, -0.2) is 57.6 Å². The number of phenols is 1. The number of fused-ring (bicyclic) bond motifs is 4. The predicted octanol–water partition coefficient (Wildman–Crippen LogP) is 5.09. The molecule has 6 unspecified atom stereocenters. The van der Waals surface area contributed by atoms with Crippen LogP contribution in [0.2, 0.25) is 0 Å². The quantitative estimate of drug-likeness (QED) is 0.255. The van der Waals surface area contributed by atoms with Crippen molar-refractivity contribution in [3.8, 4) is 11.5 Å². The monoisotopic (exact) mass is 645 g/mol. The third-order valence-corrected chi connectivity index (χ3v) is 10.7. The summed E-state index contributed by atoms with van der Waals surface area (Å²) in [6.45, 7) is 1.84. The van der Waals surface area contributed by atoms with E-state index in [9.17, 15) is 29.4 Å². The molecule has 0 bridgehead atoms. The second-order valence-electron chi connectivity index (χ2n) is 12.9. The van der Waals surface area contributed by atoms with Crippen LogP contribution in [0.1, 0.15) is 48.8 Å². The largest absolute Gasteiger partial charge is 0.504 e. The minimum atomic E-state index is -1.48. The maximum absolute atomic E-state index is 15.1. The number of amides is 2. The summed E-state index contributed by atoms with van der Waals surface area (Å²) in [6, 6.07) is 23.2.